The fourth-order valence-electron chi connectivity index (χ4n) is 3.49. The Bertz CT molecular complexity index is 741. The second-order valence-electron chi connectivity index (χ2n) is 6.82. The SMILES string of the molecule is COCCN(Cc1ccccc1F)C(=O)[C@H]1CCCN(c2ccccn2)C1. The largest absolute Gasteiger partial charge is 0.383 e. The zero-order valence-electron chi connectivity index (χ0n) is 15.7. The number of halogens is 1. The Hall–Kier alpha value is -2.47. The van der Waals surface area contributed by atoms with Gasteiger partial charge in [-0.25, -0.2) is 9.37 Å². The van der Waals surface area contributed by atoms with Crippen molar-refractivity contribution in [3.63, 3.8) is 0 Å². The molecule has 1 saturated heterocycles. The van der Waals surface area contributed by atoms with Crippen LogP contribution in [0.5, 0.6) is 0 Å². The van der Waals surface area contributed by atoms with E-state index in [1.165, 1.54) is 6.07 Å². The van der Waals surface area contributed by atoms with Gasteiger partial charge in [-0.2, -0.15) is 0 Å². The number of aromatic nitrogens is 1. The van der Waals surface area contributed by atoms with Crippen LogP contribution in [0, 0.1) is 11.7 Å². The van der Waals surface area contributed by atoms with E-state index >= 15 is 0 Å². The maximum absolute atomic E-state index is 14.1. The highest BCUT2D eigenvalue weighted by atomic mass is 19.1. The van der Waals surface area contributed by atoms with Gasteiger partial charge in [0, 0.05) is 45.0 Å². The van der Waals surface area contributed by atoms with Crippen molar-refractivity contribution in [3.05, 3.63) is 60.0 Å². The van der Waals surface area contributed by atoms with Crippen molar-refractivity contribution >= 4 is 11.7 Å². The predicted molar refractivity (Wildman–Crippen MR) is 103 cm³/mol. The van der Waals surface area contributed by atoms with Gasteiger partial charge in [-0.1, -0.05) is 24.3 Å². The molecule has 144 valence electrons. The van der Waals surface area contributed by atoms with Gasteiger partial charge in [0.1, 0.15) is 11.6 Å². The number of anilines is 1. The molecule has 3 rings (SSSR count). The lowest BCUT2D eigenvalue weighted by atomic mass is 9.96. The first kappa shape index (κ1) is 19.3. The van der Waals surface area contributed by atoms with Gasteiger partial charge in [0.2, 0.25) is 5.91 Å². The number of nitrogens with zero attached hydrogens (tertiary/aromatic N) is 3. The van der Waals surface area contributed by atoms with Crippen molar-refractivity contribution in [1.82, 2.24) is 9.88 Å². The predicted octanol–water partition coefficient (Wildman–Crippen LogP) is 3.11. The average molecular weight is 371 g/mol. The van der Waals surface area contributed by atoms with Crippen LogP contribution in [0.2, 0.25) is 0 Å². The number of hydrogen-bond donors (Lipinski definition) is 0. The van der Waals surface area contributed by atoms with Gasteiger partial charge in [0.15, 0.2) is 0 Å². The highest BCUT2D eigenvalue weighted by Gasteiger charge is 2.30. The highest BCUT2D eigenvalue weighted by molar-refractivity contribution is 5.79. The minimum absolute atomic E-state index is 0.0518. The Morgan fingerprint density at radius 3 is 2.85 bits per heavy atom. The Balaban J connectivity index is 1.71. The van der Waals surface area contributed by atoms with Gasteiger partial charge in [-0.15, -0.1) is 0 Å². The van der Waals surface area contributed by atoms with E-state index < -0.39 is 0 Å². The van der Waals surface area contributed by atoms with Gasteiger partial charge in [0.25, 0.3) is 0 Å². The van der Waals surface area contributed by atoms with Crippen LogP contribution >= 0.6 is 0 Å². The third kappa shape index (κ3) is 5.04. The fourth-order valence-corrected chi connectivity index (χ4v) is 3.49. The molecule has 1 fully saturated rings. The van der Waals surface area contributed by atoms with Gasteiger partial charge in [-0.3, -0.25) is 4.79 Å². The van der Waals surface area contributed by atoms with Gasteiger partial charge >= 0.3 is 0 Å². The summed E-state index contributed by atoms with van der Waals surface area (Å²) in [7, 11) is 1.61. The molecule has 0 bridgehead atoms. The summed E-state index contributed by atoms with van der Waals surface area (Å²) in [6, 6.07) is 12.4. The number of ether oxygens (including phenoxy) is 1. The molecular formula is C21H26FN3O2. The molecule has 0 saturated carbocycles. The number of amides is 1. The van der Waals surface area contributed by atoms with E-state index in [2.05, 4.69) is 9.88 Å². The first-order chi connectivity index (χ1) is 13.2. The van der Waals surface area contributed by atoms with Gasteiger partial charge in [-0.05, 0) is 31.0 Å². The van der Waals surface area contributed by atoms with Gasteiger partial charge in [0.05, 0.1) is 12.5 Å². The molecule has 1 atom stereocenters. The molecule has 2 heterocycles. The summed E-state index contributed by atoms with van der Waals surface area (Å²) in [6.07, 6.45) is 3.54. The summed E-state index contributed by atoms with van der Waals surface area (Å²) in [5, 5.41) is 0. The number of rotatable bonds is 7. The molecule has 1 aromatic heterocycles. The Morgan fingerprint density at radius 1 is 1.30 bits per heavy atom. The maximum atomic E-state index is 14.1. The van der Waals surface area contributed by atoms with E-state index in [4.69, 9.17) is 4.74 Å². The molecule has 1 aliphatic rings. The quantitative estimate of drug-likeness (QED) is 0.750. The Labute approximate surface area is 159 Å². The molecule has 5 nitrogen and oxygen atoms in total. The van der Waals surface area contributed by atoms with Crippen molar-refractivity contribution in [1.29, 1.82) is 0 Å². The van der Waals surface area contributed by atoms with E-state index in [0.717, 1.165) is 25.2 Å². The monoisotopic (exact) mass is 371 g/mol. The van der Waals surface area contributed by atoms with Crippen LogP contribution in [0.1, 0.15) is 18.4 Å². The molecule has 0 radical (unpaired) electrons. The summed E-state index contributed by atoms with van der Waals surface area (Å²) in [4.78, 5) is 21.5. The molecular weight excluding hydrogens is 345 g/mol. The van der Waals surface area contributed by atoms with Crippen molar-refractivity contribution in [3.8, 4) is 0 Å². The number of methoxy groups -OCH3 is 1. The first-order valence-electron chi connectivity index (χ1n) is 9.36. The molecule has 2 aromatic rings. The van der Waals surface area contributed by atoms with Crippen molar-refractivity contribution in [2.75, 3.05) is 38.3 Å². The lowest BCUT2D eigenvalue weighted by Crippen LogP contribution is -2.45. The number of piperidine rings is 1. The third-order valence-corrected chi connectivity index (χ3v) is 4.94. The average Bonchev–Trinajstić information content (AvgIpc) is 2.72. The van der Waals surface area contributed by atoms with Crippen LogP contribution in [-0.2, 0) is 16.1 Å². The van der Waals surface area contributed by atoms with Crippen LogP contribution in [0.25, 0.3) is 0 Å². The molecule has 1 amide bonds. The molecule has 6 heteroatoms. The lowest BCUT2D eigenvalue weighted by Gasteiger charge is -2.35. The maximum Gasteiger partial charge on any atom is 0.227 e. The van der Waals surface area contributed by atoms with E-state index in [0.29, 0.717) is 25.3 Å². The number of pyridine rings is 1. The van der Waals surface area contributed by atoms with Crippen molar-refractivity contribution < 1.29 is 13.9 Å². The molecule has 0 aliphatic carbocycles. The van der Waals surface area contributed by atoms with E-state index in [-0.39, 0.29) is 24.2 Å². The second-order valence-corrected chi connectivity index (χ2v) is 6.82. The van der Waals surface area contributed by atoms with Crippen molar-refractivity contribution in [2.24, 2.45) is 5.92 Å². The smallest absolute Gasteiger partial charge is 0.227 e. The van der Waals surface area contributed by atoms with Crippen LogP contribution < -0.4 is 4.90 Å². The zero-order chi connectivity index (χ0) is 19.1. The number of benzene rings is 1. The van der Waals surface area contributed by atoms with Crippen LogP contribution in [0.15, 0.2) is 48.7 Å². The number of hydrogen-bond acceptors (Lipinski definition) is 4. The fraction of sp³-hybridized carbons (Fsp3) is 0.429. The Kier molecular flexibility index (Phi) is 6.76. The summed E-state index contributed by atoms with van der Waals surface area (Å²) in [5.41, 5.74) is 0.527. The lowest BCUT2D eigenvalue weighted by molar-refractivity contribution is -0.137. The summed E-state index contributed by atoms with van der Waals surface area (Å²) in [5.74, 6) is 0.541. The summed E-state index contributed by atoms with van der Waals surface area (Å²) in [6.45, 7) is 2.67. The van der Waals surface area contributed by atoms with Crippen LogP contribution in [-0.4, -0.2) is 49.1 Å². The van der Waals surface area contributed by atoms with Crippen LogP contribution in [0.3, 0.4) is 0 Å². The second kappa shape index (κ2) is 9.46. The van der Waals surface area contributed by atoms with Crippen LogP contribution in [0.4, 0.5) is 10.2 Å². The molecule has 0 N–H and O–H groups in total. The van der Waals surface area contributed by atoms with E-state index in [9.17, 15) is 9.18 Å². The molecule has 0 unspecified atom stereocenters. The Morgan fingerprint density at radius 2 is 2.11 bits per heavy atom. The van der Waals surface area contributed by atoms with E-state index in [1.807, 2.05) is 18.2 Å². The molecule has 1 aromatic carbocycles. The molecule has 27 heavy (non-hydrogen) atoms. The van der Waals surface area contributed by atoms with Crippen molar-refractivity contribution in [2.45, 2.75) is 19.4 Å². The number of carbonyl (C=O) groups excluding carboxylic acids is 1. The number of carbonyl (C=O) groups is 1. The topological polar surface area (TPSA) is 45.7 Å². The normalized spacial score (nSPS) is 17.0. The molecule has 1 aliphatic heterocycles. The summed E-state index contributed by atoms with van der Waals surface area (Å²) >= 11 is 0. The molecule has 0 spiro atoms. The minimum Gasteiger partial charge on any atom is -0.383 e. The van der Waals surface area contributed by atoms with E-state index in [1.54, 1.807) is 36.4 Å². The standard InChI is InChI=1S/C21H26FN3O2/c1-27-14-13-25(15-17-7-2-3-9-19(17)22)21(26)18-8-6-12-24(16-18)20-10-4-5-11-23-20/h2-5,7,9-11,18H,6,8,12-16H2,1H3/t18-/m0/s1. The minimum atomic E-state index is -0.286. The first-order valence-corrected chi connectivity index (χ1v) is 9.36. The highest BCUT2D eigenvalue weighted by Crippen LogP contribution is 2.24. The summed E-state index contributed by atoms with van der Waals surface area (Å²) < 4.78 is 19.2. The van der Waals surface area contributed by atoms with Gasteiger partial charge < -0.3 is 14.5 Å². The third-order valence-electron chi connectivity index (χ3n) is 4.94. The zero-order valence-corrected chi connectivity index (χ0v) is 15.7.